The molecule has 0 aromatic carbocycles. The van der Waals surface area contributed by atoms with Crippen LogP contribution in [0, 0.1) is 5.92 Å². The largest absolute Gasteiger partial charge is 0.391 e. The van der Waals surface area contributed by atoms with Crippen LogP contribution in [-0.4, -0.2) is 54.2 Å². The van der Waals surface area contributed by atoms with E-state index < -0.39 is 5.54 Å². The summed E-state index contributed by atoms with van der Waals surface area (Å²) < 4.78 is 5.45. The molecule has 0 aliphatic carbocycles. The summed E-state index contributed by atoms with van der Waals surface area (Å²) >= 11 is 5.20. The Kier molecular flexibility index (Phi) is 4.43. The SMILES string of the molecule is CC1CC(C(=O)NC2(C(N)=S)CCN(C)CC2)CO1. The molecular weight excluding hydrogens is 262 g/mol. The van der Waals surface area contributed by atoms with Gasteiger partial charge in [-0.25, -0.2) is 0 Å². The van der Waals surface area contributed by atoms with E-state index in [9.17, 15) is 4.79 Å². The third kappa shape index (κ3) is 3.24. The average Bonchev–Trinajstić information content (AvgIpc) is 2.79. The van der Waals surface area contributed by atoms with Gasteiger partial charge in [-0.05, 0) is 33.2 Å². The summed E-state index contributed by atoms with van der Waals surface area (Å²) in [6, 6.07) is 0. The van der Waals surface area contributed by atoms with Crippen molar-refractivity contribution in [2.45, 2.75) is 37.8 Å². The first-order chi connectivity index (χ1) is 8.93. The lowest BCUT2D eigenvalue weighted by atomic mass is 9.86. The monoisotopic (exact) mass is 285 g/mol. The molecule has 19 heavy (non-hydrogen) atoms. The van der Waals surface area contributed by atoms with Gasteiger partial charge in [-0.3, -0.25) is 4.79 Å². The molecule has 2 aliphatic heterocycles. The quantitative estimate of drug-likeness (QED) is 0.729. The van der Waals surface area contributed by atoms with E-state index in [0.717, 1.165) is 32.4 Å². The van der Waals surface area contributed by atoms with Gasteiger partial charge in [0, 0.05) is 13.1 Å². The summed E-state index contributed by atoms with van der Waals surface area (Å²) in [6.45, 7) is 4.29. The molecule has 2 fully saturated rings. The maximum atomic E-state index is 12.3. The maximum absolute atomic E-state index is 12.3. The molecule has 2 rings (SSSR count). The fourth-order valence-corrected chi connectivity index (χ4v) is 3.03. The highest BCUT2D eigenvalue weighted by atomic mass is 32.1. The minimum Gasteiger partial charge on any atom is -0.391 e. The molecule has 0 spiro atoms. The molecular formula is C13H23N3O2S. The highest BCUT2D eigenvalue weighted by Crippen LogP contribution is 2.25. The molecule has 2 heterocycles. The third-order valence-corrected chi connectivity index (χ3v) is 4.63. The van der Waals surface area contributed by atoms with E-state index >= 15 is 0 Å². The van der Waals surface area contributed by atoms with E-state index in [4.69, 9.17) is 22.7 Å². The van der Waals surface area contributed by atoms with Crippen molar-refractivity contribution < 1.29 is 9.53 Å². The number of hydrogen-bond acceptors (Lipinski definition) is 4. The van der Waals surface area contributed by atoms with Crippen molar-refractivity contribution in [3.05, 3.63) is 0 Å². The Morgan fingerprint density at radius 2 is 2.11 bits per heavy atom. The van der Waals surface area contributed by atoms with Crippen molar-refractivity contribution >= 4 is 23.1 Å². The van der Waals surface area contributed by atoms with E-state index in [1.807, 2.05) is 6.92 Å². The summed E-state index contributed by atoms with van der Waals surface area (Å²) in [5, 5.41) is 3.10. The number of thiocarbonyl (C=S) groups is 1. The third-order valence-electron chi connectivity index (χ3n) is 4.24. The molecule has 2 saturated heterocycles. The second kappa shape index (κ2) is 5.73. The molecule has 6 heteroatoms. The van der Waals surface area contributed by atoms with Crippen LogP contribution < -0.4 is 11.1 Å². The zero-order chi connectivity index (χ0) is 14.0. The van der Waals surface area contributed by atoms with Crippen molar-refractivity contribution in [3.8, 4) is 0 Å². The van der Waals surface area contributed by atoms with E-state index in [1.54, 1.807) is 0 Å². The van der Waals surface area contributed by atoms with E-state index in [2.05, 4.69) is 17.3 Å². The van der Waals surface area contributed by atoms with Crippen molar-refractivity contribution in [1.82, 2.24) is 10.2 Å². The van der Waals surface area contributed by atoms with Crippen molar-refractivity contribution in [2.75, 3.05) is 26.7 Å². The minimum atomic E-state index is -0.509. The Hall–Kier alpha value is -0.720. The fourth-order valence-electron chi connectivity index (χ4n) is 2.77. The van der Waals surface area contributed by atoms with Crippen molar-refractivity contribution in [1.29, 1.82) is 0 Å². The number of carbonyl (C=O) groups excluding carboxylic acids is 1. The van der Waals surface area contributed by atoms with E-state index in [0.29, 0.717) is 11.6 Å². The number of likely N-dealkylation sites (tertiary alicyclic amines) is 1. The van der Waals surface area contributed by atoms with Gasteiger partial charge in [-0.1, -0.05) is 12.2 Å². The zero-order valence-corrected chi connectivity index (χ0v) is 12.5. The maximum Gasteiger partial charge on any atom is 0.226 e. The first-order valence-electron chi connectivity index (χ1n) is 6.85. The second-order valence-electron chi connectivity index (χ2n) is 5.82. The topological polar surface area (TPSA) is 67.6 Å². The normalized spacial score (nSPS) is 31.1. The van der Waals surface area contributed by atoms with Gasteiger partial charge < -0.3 is 20.7 Å². The first kappa shape index (κ1) is 14.7. The highest BCUT2D eigenvalue weighted by Gasteiger charge is 2.40. The summed E-state index contributed by atoms with van der Waals surface area (Å²) in [6.07, 6.45) is 2.51. The molecule has 0 aromatic heterocycles. The van der Waals surface area contributed by atoms with Crippen LogP contribution in [0.25, 0.3) is 0 Å². The number of rotatable bonds is 3. The molecule has 1 amide bonds. The van der Waals surface area contributed by atoms with Crippen LogP contribution in [0.2, 0.25) is 0 Å². The predicted molar refractivity (Wildman–Crippen MR) is 77.9 cm³/mol. The lowest BCUT2D eigenvalue weighted by molar-refractivity contribution is -0.126. The smallest absolute Gasteiger partial charge is 0.226 e. The molecule has 5 nitrogen and oxygen atoms in total. The lowest BCUT2D eigenvalue weighted by Gasteiger charge is -2.41. The average molecular weight is 285 g/mol. The van der Waals surface area contributed by atoms with Crippen LogP contribution in [-0.2, 0) is 9.53 Å². The highest BCUT2D eigenvalue weighted by molar-refractivity contribution is 7.80. The summed E-state index contributed by atoms with van der Waals surface area (Å²) in [4.78, 5) is 15.0. The van der Waals surface area contributed by atoms with Gasteiger partial charge >= 0.3 is 0 Å². The Labute approximate surface area is 119 Å². The van der Waals surface area contributed by atoms with Gasteiger partial charge in [0.25, 0.3) is 0 Å². The van der Waals surface area contributed by atoms with Gasteiger partial charge in [0.15, 0.2) is 0 Å². The van der Waals surface area contributed by atoms with Gasteiger partial charge in [0.1, 0.15) is 0 Å². The lowest BCUT2D eigenvalue weighted by Crippen LogP contribution is -2.62. The van der Waals surface area contributed by atoms with E-state index in [-0.39, 0.29) is 17.9 Å². The molecule has 2 aliphatic rings. The number of nitrogens with two attached hydrogens (primary N) is 1. The molecule has 0 radical (unpaired) electrons. The standard InChI is InChI=1S/C13H23N3O2S/c1-9-7-10(8-18-9)11(17)15-13(12(14)19)3-5-16(2)6-4-13/h9-10H,3-8H2,1-2H3,(H2,14,19)(H,15,17). The Balaban J connectivity index is 2.01. The van der Waals surface area contributed by atoms with Gasteiger partial charge in [-0.15, -0.1) is 0 Å². The van der Waals surface area contributed by atoms with Crippen LogP contribution in [0.1, 0.15) is 26.2 Å². The first-order valence-corrected chi connectivity index (χ1v) is 7.26. The Bertz CT molecular complexity index is 367. The van der Waals surface area contributed by atoms with Crippen LogP contribution >= 0.6 is 12.2 Å². The molecule has 0 bridgehead atoms. The Morgan fingerprint density at radius 3 is 2.58 bits per heavy atom. The summed E-state index contributed by atoms with van der Waals surface area (Å²) in [7, 11) is 2.07. The number of nitrogens with one attached hydrogen (secondary N) is 1. The molecule has 0 aromatic rings. The predicted octanol–water partition coefficient (Wildman–Crippen LogP) is 0.278. The minimum absolute atomic E-state index is 0.0294. The second-order valence-corrected chi connectivity index (χ2v) is 6.26. The molecule has 108 valence electrons. The van der Waals surface area contributed by atoms with Crippen molar-refractivity contribution in [3.63, 3.8) is 0 Å². The summed E-state index contributed by atoms with van der Waals surface area (Å²) in [5.74, 6) is -0.0393. The van der Waals surface area contributed by atoms with Crippen molar-refractivity contribution in [2.24, 2.45) is 11.7 Å². The number of ether oxygens (including phenoxy) is 1. The summed E-state index contributed by atoms with van der Waals surface area (Å²) in [5.41, 5.74) is 5.38. The van der Waals surface area contributed by atoms with Gasteiger partial charge in [0.05, 0.1) is 29.2 Å². The van der Waals surface area contributed by atoms with Crippen LogP contribution in [0.3, 0.4) is 0 Å². The molecule has 2 atom stereocenters. The van der Waals surface area contributed by atoms with Gasteiger partial charge in [0.2, 0.25) is 5.91 Å². The van der Waals surface area contributed by atoms with E-state index in [1.165, 1.54) is 0 Å². The van der Waals surface area contributed by atoms with Crippen LogP contribution in [0.15, 0.2) is 0 Å². The number of carbonyl (C=O) groups is 1. The fraction of sp³-hybridized carbons (Fsp3) is 0.846. The van der Waals surface area contributed by atoms with Crippen LogP contribution in [0.4, 0.5) is 0 Å². The number of hydrogen-bond donors (Lipinski definition) is 2. The Morgan fingerprint density at radius 1 is 1.47 bits per heavy atom. The zero-order valence-electron chi connectivity index (χ0n) is 11.6. The number of amides is 1. The number of nitrogens with zero attached hydrogens (tertiary/aromatic N) is 1. The molecule has 2 unspecified atom stereocenters. The molecule has 3 N–H and O–H groups in total. The van der Waals surface area contributed by atoms with Crippen LogP contribution in [0.5, 0.6) is 0 Å². The number of piperidine rings is 1. The molecule has 0 saturated carbocycles. The van der Waals surface area contributed by atoms with Gasteiger partial charge in [-0.2, -0.15) is 0 Å².